The molecule has 2 heterocycles. The second-order valence-electron chi connectivity index (χ2n) is 5.54. The van der Waals surface area contributed by atoms with Crippen LogP contribution in [0.15, 0.2) is 45.9 Å². The van der Waals surface area contributed by atoms with E-state index in [0.717, 1.165) is 0 Å². The van der Waals surface area contributed by atoms with Crippen LogP contribution in [0.4, 0.5) is 0 Å². The molecule has 1 atom stereocenters. The molecule has 7 nitrogen and oxygen atoms in total. The van der Waals surface area contributed by atoms with E-state index in [0.29, 0.717) is 22.4 Å². The van der Waals surface area contributed by atoms with Crippen LogP contribution in [0.2, 0.25) is 0 Å². The van der Waals surface area contributed by atoms with Crippen LogP contribution in [0.3, 0.4) is 0 Å². The van der Waals surface area contributed by atoms with E-state index in [1.807, 2.05) is 0 Å². The van der Waals surface area contributed by atoms with Crippen LogP contribution in [0.1, 0.15) is 29.4 Å². The van der Waals surface area contributed by atoms with Crippen molar-refractivity contribution in [2.75, 3.05) is 7.11 Å². The first kappa shape index (κ1) is 16.6. The normalized spacial score (nSPS) is 12.1. The first-order valence-electron chi connectivity index (χ1n) is 7.61. The fraction of sp³-hybridized carbons (Fsp3) is 0.222. The fourth-order valence-corrected chi connectivity index (χ4v) is 2.75. The van der Waals surface area contributed by atoms with Crippen molar-refractivity contribution < 1.29 is 19.1 Å². The van der Waals surface area contributed by atoms with Crippen LogP contribution in [-0.2, 0) is 9.53 Å². The Morgan fingerprint density at radius 1 is 1.32 bits per heavy atom. The molecular weight excluding hydrogens is 324 g/mol. The fourth-order valence-electron chi connectivity index (χ4n) is 2.75. The number of carbonyl (C=O) groups is 1. The van der Waals surface area contributed by atoms with Gasteiger partial charge in [0.15, 0.2) is 5.76 Å². The highest BCUT2D eigenvalue weighted by Crippen LogP contribution is 2.35. The number of fused-ring (bicyclic) bond motifs is 1. The van der Waals surface area contributed by atoms with E-state index in [9.17, 15) is 14.7 Å². The summed E-state index contributed by atoms with van der Waals surface area (Å²) in [6.07, 6.45) is 2.98. The van der Waals surface area contributed by atoms with Crippen molar-refractivity contribution in [1.29, 1.82) is 0 Å². The lowest BCUT2D eigenvalue weighted by molar-refractivity contribution is -0.140. The molecule has 3 rings (SSSR count). The highest BCUT2D eigenvalue weighted by Gasteiger charge is 2.28. The Morgan fingerprint density at radius 2 is 2.08 bits per heavy atom. The number of aryl methyl sites for hydroxylation is 1. The van der Waals surface area contributed by atoms with Gasteiger partial charge >= 0.3 is 5.97 Å². The Labute approximate surface area is 142 Å². The number of ether oxygens (including phenoxy) is 1. The van der Waals surface area contributed by atoms with Crippen molar-refractivity contribution in [2.24, 2.45) is 0 Å². The molecular formula is C18H16N2O5. The standard InChI is InChI=1S/C18H16N2O5/c1-10-8-14(21)17(23)18(25-10)12(9-15(22)24-2)11-4-3-5-13-16(11)20-7-6-19-13/h3-8,12,23H,9H2,1-2H3/t12-/m1/s1. The minimum Gasteiger partial charge on any atom is -0.502 e. The molecule has 0 saturated heterocycles. The predicted octanol–water partition coefficient (Wildman–Crippen LogP) is 2.29. The summed E-state index contributed by atoms with van der Waals surface area (Å²) in [7, 11) is 1.27. The van der Waals surface area contributed by atoms with Crippen molar-refractivity contribution in [3.05, 3.63) is 64.0 Å². The number of hydrogen-bond donors (Lipinski definition) is 1. The number of para-hydroxylation sites is 1. The molecule has 7 heteroatoms. The van der Waals surface area contributed by atoms with Crippen molar-refractivity contribution in [3.8, 4) is 5.75 Å². The third-order valence-corrected chi connectivity index (χ3v) is 3.89. The SMILES string of the molecule is COC(=O)C[C@@H](c1oc(C)cc(=O)c1O)c1cccc2nccnc12. The first-order valence-corrected chi connectivity index (χ1v) is 7.61. The Hall–Kier alpha value is -3.22. The van der Waals surface area contributed by atoms with Crippen molar-refractivity contribution in [1.82, 2.24) is 9.97 Å². The minimum atomic E-state index is -0.736. The molecule has 0 unspecified atom stereocenters. The molecule has 0 spiro atoms. The molecule has 0 amide bonds. The Bertz CT molecular complexity index is 991. The number of nitrogens with zero attached hydrogens (tertiary/aromatic N) is 2. The number of rotatable bonds is 4. The van der Waals surface area contributed by atoms with Crippen LogP contribution in [-0.4, -0.2) is 28.2 Å². The maximum absolute atomic E-state index is 12.0. The van der Waals surface area contributed by atoms with E-state index in [2.05, 4.69) is 9.97 Å². The van der Waals surface area contributed by atoms with Gasteiger partial charge in [-0.15, -0.1) is 0 Å². The molecule has 2 aromatic heterocycles. The largest absolute Gasteiger partial charge is 0.502 e. The summed E-state index contributed by atoms with van der Waals surface area (Å²) in [5, 5.41) is 10.2. The zero-order valence-corrected chi connectivity index (χ0v) is 13.7. The summed E-state index contributed by atoms with van der Waals surface area (Å²) >= 11 is 0. The van der Waals surface area contributed by atoms with Gasteiger partial charge in [0.25, 0.3) is 0 Å². The van der Waals surface area contributed by atoms with Crippen molar-refractivity contribution in [2.45, 2.75) is 19.3 Å². The average Bonchev–Trinajstić information content (AvgIpc) is 2.62. The monoisotopic (exact) mass is 340 g/mol. The van der Waals surface area contributed by atoms with Gasteiger partial charge in [0.1, 0.15) is 5.76 Å². The Morgan fingerprint density at radius 3 is 2.84 bits per heavy atom. The highest BCUT2D eigenvalue weighted by atomic mass is 16.5. The van der Waals surface area contributed by atoms with Crippen molar-refractivity contribution in [3.63, 3.8) is 0 Å². The van der Waals surface area contributed by atoms with E-state index >= 15 is 0 Å². The lowest BCUT2D eigenvalue weighted by Crippen LogP contribution is -2.14. The van der Waals surface area contributed by atoms with E-state index in [4.69, 9.17) is 9.15 Å². The molecule has 0 aliphatic carbocycles. The van der Waals surface area contributed by atoms with E-state index in [1.165, 1.54) is 19.4 Å². The van der Waals surface area contributed by atoms with Gasteiger partial charge in [-0.25, -0.2) is 0 Å². The van der Waals surface area contributed by atoms with Gasteiger partial charge in [-0.05, 0) is 18.6 Å². The Kier molecular flexibility index (Phi) is 4.47. The van der Waals surface area contributed by atoms with Gasteiger partial charge in [0.2, 0.25) is 11.2 Å². The van der Waals surface area contributed by atoms with Gasteiger partial charge < -0.3 is 14.3 Å². The second kappa shape index (κ2) is 6.72. The van der Waals surface area contributed by atoms with Gasteiger partial charge in [0, 0.05) is 18.5 Å². The summed E-state index contributed by atoms with van der Waals surface area (Å²) in [6.45, 7) is 1.60. The molecule has 0 radical (unpaired) electrons. The molecule has 3 aromatic rings. The number of carbonyl (C=O) groups excluding carboxylic acids is 1. The quantitative estimate of drug-likeness (QED) is 0.727. The lowest BCUT2D eigenvalue weighted by atomic mass is 9.91. The van der Waals surface area contributed by atoms with E-state index in [1.54, 1.807) is 31.3 Å². The number of aromatic hydroxyl groups is 1. The minimum absolute atomic E-state index is 0.00792. The van der Waals surface area contributed by atoms with Gasteiger partial charge in [-0.2, -0.15) is 0 Å². The number of methoxy groups -OCH3 is 1. The molecule has 0 bridgehead atoms. The predicted molar refractivity (Wildman–Crippen MR) is 89.4 cm³/mol. The van der Waals surface area contributed by atoms with E-state index < -0.39 is 23.1 Å². The van der Waals surface area contributed by atoms with Crippen LogP contribution in [0.5, 0.6) is 5.75 Å². The van der Waals surface area contributed by atoms with Crippen molar-refractivity contribution >= 4 is 17.0 Å². The third-order valence-electron chi connectivity index (χ3n) is 3.89. The number of benzene rings is 1. The summed E-state index contributed by atoms with van der Waals surface area (Å²) in [5.41, 5.74) is 1.23. The van der Waals surface area contributed by atoms with Crippen LogP contribution >= 0.6 is 0 Å². The third kappa shape index (κ3) is 3.21. The molecule has 1 N–H and O–H groups in total. The number of hydrogen-bond acceptors (Lipinski definition) is 7. The molecule has 0 saturated carbocycles. The van der Waals surface area contributed by atoms with Crippen LogP contribution < -0.4 is 5.43 Å². The summed E-state index contributed by atoms with van der Waals surface area (Å²) in [4.78, 5) is 32.4. The summed E-state index contributed by atoms with van der Waals surface area (Å²) in [5.74, 6) is -1.43. The molecule has 25 heavy (non-hydrogen) atoms. The molecule has 0 aliphatic rings. The molecule has 0 aliphatic heterocycles. The molecule has 0 fully saturated rings. The Balaban J connectivity index is 2.26. The number of aromatic nitrogens is 2. The maximum Gasteiger partial charge on any atom is 0.306 e. The summed E-state index contributed by atoms with van der Waals surface area (Å²) in [6, 6.07) is 6.50. The molecule has 128 valence electrons. The highest BCUT2D eigenvalue weighted by molar-refractivity contribution is 5.80. The van der Waals surface area contributed by atoms with Crippen LogP contribution in [0, 0.1) is 6.92 Å². The zero-order chi connectivity index (χ0) is 18.0. The lowest BCUT2D eigenvalue weighted by Gasteiger charge is -2.18. The van der Waals surface area contributed by atoms with E-state index in [-0.39, 0.29) is 12.2 Å². The second-order valence-corrected chi connectivity index (χ2v) is 5.54. The molecule has 1 aromatic carbocycles. The zero-order valence-electron chi connectivity index (χ0n) is 13.7. The summed E-state index contributed by atoms with van der Waals surface area (Å²) < 4.78 is 10.4. The number of esters is 1. The first-order chi connectivity index (χ1) is 12.0. The average molecular weight is 340 g/mol. The maximum atomic E-state index is 12.0. The smallest absolute Gasteiger partial charge is 0.306 e. The van der Waals surface area contributed by atoms with Gasteiger partial charge in [0.05, 0.1) is 30.5 Å². The van der Waals surface area contributed by atoms with Crippen LogP contribution in [0.25, 0.3) is 11.0 Å². The van der Waals surface area contributed by atoms with Gasteiger partial charge in [-0.1, -0.05) is 12.1 Å². The van der Waals surface area contributed by atoms with Gasteiger partial charge in [-0.3, -0.25) is 19.6 Å². The topological polar surface area (TPSA) is 103 Å².